The molecule has 0 radical (unpaired) electrons. The van der Waals surface area contributed by atoms with E-state index in [-0.39, 0.29) is 16.9 Å². The molecule has 0 aromatic heterocycles. The number of nitrogens with one attached hydrogen (secondary N) is 1. The molecule has 3 N–H and O–H groups in total. The number of rotatable bonds is 5. The van der Waals surface area contributed by atoms with Crippen LogP contribution in [0.4, 0.5) is 14.5 Å². The number of nitrogens with two attached hydrogens (primary N) is 1. The van der Waals surface area contributed by atoms with Crippen LogP contribution in [0.1, 0.15) is 19.3 Å². The molecule has 0 atom stereocenters. The first-order chi connectivity index (χ1) is 8.60. The zero-order valence-electron chi connectivity index (χ0n) is 10.4. The average Bonchev–Trinajstić information content (AvgIpc) is 2.32. The lowest BCUT2D eigenvalue weighted by molar-refractivity contribution is 0.163. The van der Waals surface area contributed by atoms with Crippen LogP contribution in [0, 0.1) is 17.0 Å². The Balaban J connectivity index is 2.07. The lowest BCUT2D eigenvalue weighted by Gasteiger charge is -2.41. The van der Waals surface area contributed by atoms with E-state index in [1.165, 1.54) is 7.11 Å². The molecule has 0 aliphatic heterocycles. The first-order valence-corrected chi connectivity index (χ1v) is 6.07. The summed E-state index contributed by atoms with van der Waals surface area (Å²) in [6.45, 7) is 1.15. The monoisotopic (exact) mass is 256 g/mol. The molecular formula is C13H18F2N2O. The average molecular weight is 256 g/mol. The van der Waals surface area contributed by atoms with Crippen LogP contribution < -0.4 is 15.8 Å². The highest BCUT2D eigenvalue weighted by atomic mass is 19.1. The Morgan fingerprint density at radius 3 is 2.56 bits per heavy atom. The number of halogens is 2. The third kappa shape index (κ3) is 2.41. The number of hydrogen-bond donors (Lipinski definition) is 2. The van der Waals surface area contributed by atoms with Gasteiger partial charge in [0.2, 0.25) is 0 Å². The summed E-state index contributed by atoms with van der Waals surface area (Å²) in [7, 11) is 1.31. The van der Waals surface area contributed by atoms with E-state index in [2.05, 4.69) is 5.32 Å². The van der Waals surface area contributed by atoms with Crippen molar-refractivity contribution >= 4 is 5.69 Å². The third-order valence-corrected chi connectivity index (χ3v) is 3.74. The smallest absolute Gasteiger partial charge is 0.167 e. The predicted octanol–water partition coefficient (Wildman–Crippen LogP) is 2.51. The standard InChI is InChI=1S/C13H18F2N2O/c1-18-12-6-9(14)11(5-10(12)15)17-8-13(7-16)3-2-4-13/h5-6,17H,2-4,7-8,16H2,1H3. The first-order valence-electron chi connectivity index (χ1n) is 6.07. The Hall–Kier alpha value is -1.36. The molecule has 1 aliphatic carbocycles. The molecule has 1 aliphatic rings. The van der Waals surface area contributed by atoms with Crippen LogP contribution in [0.2, 0.25) is 0 Å². The van der Waals surface area contributed by atoms with Crippen LogP contribution in [0.5, 0.6) is 5.75 Å². The molecule has 0 bridgehead atoms. The quantitative estimate of drug-likeness (QED) is 0.851. The van der Waals surface area contributed by atoms with Gasteiger partial charge in [-0.3, -0.25) is 0 Å². The SMILES string of the molecule is COc1cc(F)c(NCC2(CN)CCC2)cc1F. The Morgan fingerprint density at radius 1 is 1.33 bits per heavy atom. The highest BCUT2D eigenvalue weighted by molar-refractivity contribution is 5.49. The topological polar surface area (TPSA) is 47.3 Å². The molecule has 0 saturated heterocycles. The summed E-state index contributed by atoms with van der Waals surface area (Å²) in [6.07, 6.45) is 3.23. The number of benzene rings is 1. The van der Waals surface area contributed by atoms with Crippen LogP contribution in [0.25, 0.3) is 0 Å². The fraction of sp³-hybridized carbons (Fsp3) is 0.538. The van der Waals surface area contributed by atoms with Crippen LogP contribution in [-0.2, 0) is 0 Å². The van der Waals surface area contributed by atoms with E-state index in [9.17, 15) is 8.78 Å². The summed E-state index contributed by atoms with van der Waals surface area (Å²) in [4.78, 5) is 0. The van der Waals surface area contributed by atoms with Crippen molar-refractivity contribution in [2.24, 2.45) is 11.1 Å². The molecule has 0 amide bonds. The van der Waals surface area contributed by atoms with Crippen molar-refractivity contribution in [3.05, 3.63) is 23.8 Å². The Labute approximate surface area is 105 Å². The maximum absolute atomic E-state index is 13.7. The zero-order chi connectivity index (χ0) is 13.2. The van der Waals surface area contributed by atoms with Gasteiger partial charge in [-0.1, -0.05) is 6.42 Å². The highest BCUT2D eigenvalue weighted by Gasteiger charge is 2.35. The molecule has 2 rings (SSSR count). The number of anilines is 1. The molecule has 5 heteroatoms. The van der Waals surface area contributed by atoms with Crippen LogP contribution >= 0.6 is 0 Å². The number of hydrogen-bond acceptors (Lipinski definition) is 3. The Morgan fingerprint density at radius 2 is 2.06 bits per heavy atom. The van der Waals surface area contributed by atoms with Gasteiger partial charge in [-0.2, -0.15) is 0 Å². The second-order valence-corrected chi connectivity index (χ2v) is 4.88. The minimum absolute atomic E-state index is 0.0445. The molecular weight excluding hydrogens is 238 g/mol. The maximum atomic E-state index is 13.7. The molecule has 1 saturated carbocycles. The van der Waals surface area contributed by atoms with Crippen LogP contribution in [0.15, 0.2) is 12.1 Å². The van der Waals surface area contributed by atoms with Crippen molar-refractivity contribution < 1.29 is 13.5 Å². The van der Waals surface area contributed by atoms with E-state index in [1.54, 1.807) is 0 Å². The summed E-state index contributed by atoms with van der Waals surface area (Å²) in [5.74, 6) is -1.17. The highest BCUT2D eigenvalue weighted by Crippen LogP contribution is 2.40. The molecule has 1 aromatic carbocycles. The Bertz CT molecular complexity index is 428. The van der Waals surface area contributed by atoms with E-state index in [0.29, 0.717) is 13.1 Å². The molecule has 0 spiro atoms. The van der Waals surface area contributed by atoms with Crippen molar-refractivity contribution in [1.29, 1.82) is 0 Å². The Kier molecular flexibility index (Phi) is 3.71. The van der Waals surface area contributed by atoms with Gasteiger partial charge in [0, 0.05) is 18.7 Å². The maximum Gasteiger partial charge on any atom is 0.167 e. The minimum atomic E-state index is -0.572. The van der Waals surface area contributed by atoms with Gasteiger partial charge in [0.1, 0.15) is 5.82 Å². The van der Waals surface area contributed by atoms with Crippen molar-refractivity contribution in [2.45, 2.75) is 19.3 Å². The van der Waals surface area contributed by atoms with E-state index in [1.807, 2.05) is 0 Å². The van der Waals surface area contributed by atoms with Crippen molar-refractivity contribution in [3.63, 3.8) is 0 Å². The largest absolute Gasteiger partial charge is 0.494 e. The van der Waals surface area contributed by atoms with Gasteiger partial charge < -0.3 is 15.8 Å². The summed E-state index contributed by atoms with van der Waals surface area (Å²) >= 11 is 0. The van der Waals surface area contributed by atoms with Gasteiger partial charge in [-0.25, -0.2) is 8.78 Å². The van der Waals surface area contributed by atoms with Gasteiger partial charge in [-0.15, -0.1) is 0 Å². The van der Waals surface area contributed by atoms with Gasteiger partial charge in [0.25, 0.3) is 0 Å². The minimum Gasteiger partial charge on any atom is -0.494 e. The lowest BCUT2D eigenvalue weighted by Crippen LogP contribution is -2.43. The van der Waals surface area contributed by atoms with E-state index in [4.69, 9.17) is 10.5 Å². The number of methoxy groups -OCH3 is 1. The van der Waals surface area contributed by atoms with Gasteiger partial charge in [-0.05, 0) is 24.8 Å². The van der Waals surface area contributed by atoms with E-state index in [0.717, 1.165) is 31.4 Å². The summed E-state index contributed by atoms with van der Waals surface area (Å²) in [5, 5.41) is 2.95. The fourth-order valence-corrected chi connectivity index (χ4v) is 2.23. The molecule has 1 fully saturated rings. The molecule has 100 valence electrons. The van der Waals surface area contributed by atoms with Gasteiger partial charge in [0.05, 0.1) is 12.8 Å². The third-order valence-electron chi connectivity index (χ3n) is 3.74. The van der Waals surface area contributed by atoms with E-state index >= 15 is 0 Å². The number of ether oxygens (including phenoxy) is 1. The first kappa shape index (κ1) is 13.1. The predicted molar refractivity (Wildman–Crippen MR) is 66.7 cm³/mol. The lowest BCUT2D eigenvalue weighted by atomic mass is 9.69. The summed E-state index contributed by atoms with van der Waals surface area (Å²) in [6, 6.07) is 2.17. The van der Waals surface area contributed by atoms with Gasteiger partial charge in [0.15, 0.2) is 11.6 Å². The summed E-state index contributed by atoms with van der Waals surface area (Å²) < 4.78 is 31.9. The molecule has 3 nitrogen and oxygen atoms in total. The van der Waals surface area contributed by atoms with Crippen LogP contribution in [-0.4, -0.2) is 20.2 Å². The second-order valence-electron chi connectivity index (χ2n) is 4.88. The molecule has 0 unspecified atom stereocenters. The van der Waals surface area contributed by atoms with Crippen molar-refractivity contribution in [2.75, 3.05) is 25.5 Å². The second kappa shape index (κ2) is 5.10. The molecule has 18 heavy (non-hydrogen) atoms. The summed E-state index contributed by atoms with van der Waals surface area (Å²) in [5.41, 5.74) is 5.92. The van der Waals surface area contributed by atoms with Crippen LogP contribution in [0.3, 0.4) is 0 Å². The normalized spacial score (nSPS) is 17.1. The zero-order valence-corrected chi connectivity index (χ0v) is 10.4. The van der Waals surface area contributed by atoms with E-state index < -0.39 is 11.6 Å². The molecule has 1 aromatic rings. The van der Waals surface area contributed by atoms with Crippen molar-refractivity contribution in [3.8, 4) is 5.75 Å². The molecule has 0 heterocycles. The van der Waals surface area contributed by atoms with Gasteiger partial charge >= 0.3 is 0 Å². The van der Waals surface area contributed by atoms with Crippen molar-refractivity contribution in [1.82, 2.24) is 0 Å². The fourth-order valence-electron chi connectivity index (χ4n) is 2.23.